The number of ether oxygens (including phenoxy) is 2. The van der Waals surface area contributed by atoms with E-state index in [9.17, 15) is 14.0 Å². The molecule has 1 rings (SSSR count). The highest BCUT2D eigenvalue weighted by molar-refractivity contribution is 5.83. The molecule has 6 heteroatoms. The molecule has 0 aliphatic carbocycles. The summed E-state index contributed by atoms with van der Waals surface area (Å²) in [4.78, 5) is 25.6. The number of halogens is 1. The van der Waals surface area contributed by atoms with Crippen LogP contribution in [-0.2, 0) is 20.9 Å². The number of rotatable bonds is 6. The molecule has 1 unspecified atom stereocenters. The van der Waals surface area contributed by atoms with Crippen LogP contribution < -0.4 is 0 Å². The Morgan fingerprint density at radius 2 is 1.70 bits per heavy atom. The van der Waals surface area contributed by atoms with Crippen LogP contribution in [0.5, 0.6) is 0 Å². The fraction of sp³-hybridized carbons (Fsp3) is 0.529. The zero-order chi connectivity index (χ0) is 17.7. The second kappa shape index (κ2) is 7.44. The Morgan fingerprint density at radius 1 is 1.13 bits per heavy atom. The summed E-state index contributed by atoms with van der Waals surface area (Å²) in [7, 11) is 2.97. The van der Waals surface area contributed by atoms with Crippen LogP contribution in [0, 0.1) is 5.41 Å². The van der Waals surface area contributed by atoms with E-state index in [1.807, 2.05) is 18.2 Å². The number of alkyl halides is 1. The first-order valence-corrected chi connectivity index (χ1v) is 7.31. The molecule has 0 radical (unpaired) electrons. The van der Waals surface area contributed by atoms with Crippen LogP contribution in [0.2, 0.25) is 0 Å². The van der Waals surface area contributed by atoms with E-state index in [-0.39, 0.29) is 6.61 Å². The summed E-state index contributed by atoms with van der Waals surface area (Å²) >= 11 is 0. The van der Waals surface area contributed by atoms with Gasteiger partial charge in [-0.2, -0.15) is 0 Å². The summed E-state index contributed by atoms with van der Waals surface area (Å²) in [6, 6.07) is 9.09. The number of esters is 1. The van der Waals surface area contributed by atoms with Crippen molar-refractivity contribution >= 4 is 12.1 Å². The minimum Gasteiger partial charge on any atom is -0.458 e. The van der Waals surface area contributed by atoms with Gasteiger partial charge in [0.15, 0.2) is 0 Å². The van der Waals surface area contributed by atoms with Crippen molar-refractivity contribution < 1.29 is 23.5 Å². The SMILES string of the molecule is CN(C)C(=O)OC(C)(C(=O)OCc1ccccc1)C(C)(C)CF. The molecule has 23 heavy (non-hydrogen) atoms. The highest BCUT2D eigenvalue weighted by Gasteiger charge is 2.52. The van der Waals surface area contributed by atoms with Crippen molar-refractivity contribution in [2.24, 2.45) is 5.41 Å². The van der Waals surface area contributed by atoms with Crippen LogP contribution in [0.25, 0.3) is 0 Å². The van der Waals surface area contributed by atoms with Gasteiger partial charge in [0.05, 0.1) is 6.67 Å². The average molecular weight is 325 g/mol. The third kappa shape index (κ3) is 4.43. The molecule has 0 aliphatic rings. The third-order valence-electron chi connectivity index (χ3n) is 3.88. The maximum atomic E-state index is 13.4. The Morgan fingerprint density at radius 3 is 2.17 bits per heavy atom. The number of carbonyl (C=O) groups excluding carboxylic acids is 2. The number of hydrogen-bond donors (Lipinski definition) is 0. The van der Waals surface area contributed by atoms with Crippen molar-refractivity contribution in [3.05, 3.63) is 35.9 Å². The topological polar surface area (TPSA) is 55.8 Å². The summed E-state index contributed by atoms with van der Waals surface area (Å²) in [5, 5.41) is 0. The lowest BCUT2D eigenvalue weighted by atomic mass is 9.77. The molecule has 0 saturated heterocycles. The molecule has 5 nitrogen and oxygen atoms in total. The summed E-state index contributed by atoms with van der Waals surface area (Å²) in [5.74, 6) is -0.779. The number of hydrogen-bond acceptors (Lipinski definition) is 4. The lowest BCUT2D eigenvalue weighted by molar-refractivity contribution is -0.180. The quantitative estimate of drug-likeness (QED) is 0.754. The molecular weight excluding hydrogens is 301 g/mol. The van der Waals surface area contributed by atoms with Crippen molar-refractivity contribution in [1.82, 2.24) is 4.90 Å². The minimum atomic E-state index is -1.74. The molecule has 0 spiro atoms. The molecule has 1 atom stereocenters. The largest absolute Gasteiger partial charge is 0.458 e. The minimum absolute atomic E-state index is 0.0249. The highest BCUT2D eigenvalue weighted by Crippen LogP contribution is 2.36. The van der Waals surface area contributed by atoms with Gasteiger partial charge in [0.25, 0.3) is 0 Å². The van der Waals surface area contributed by atoms with Gasteiger partial charge < -0.3 is 14.4 Å². The van der Waals surface area contributed by atoms with E-state index in [0.29, 0.717) is 0 Å². The molecule has 1 aromatic rings. The molecule has 0 bridgehead atoms. The maximum Gasteiger partial charge on any atom is 0.410 e. The number of nitrogens with zero attached hydrogens (tertiary/aromatic N) is 1. The smallest absolute Gasteiger partial charge is 0.410 e. The van der Waals surface area contributed by atoms with Crippen LogP contribution in [0.4, 0.5) is 9.18 Å². The van der Waals surface area contributed by atoms with Crippen molar-refractivity contribution in [2.75, 3.05) is 20.8 Å². The first-order valence-electron chi connectivity index (χ1n) is 7.31. The first-order chi connectivity index (χ1) is 10.6. The summed E-state index contributed by atoms with van der Waals surface area (Å²) in [5.41, 5.74) is -2.18. The van der Waals surface area contributed by atoms with Crippen LogP contribution in [0.1, 0.15) is 26.3 Å². The van der Waals surface area contributed by atoms with Crippen molar-refractivity contribution in [3.63, 3.8) is 0 Å². The Labute approximate surface area is 136 Å². The number of carbonyl (C=O) groups is 2. The van der Waals surface area contributed by atoms with E-state index >= 15 is 0 Å². The van der Waals surface area contributed by atoms with Gasteiger partial charge in [0.1, 0.15) is 6.61 Å². The van der Waals surface area contributed by atoms with Gasteiger partial charge in [-0.25, -0.2) is 9.59 Å². The van der Waals surface area contributed by atoms with Gasteiger partial charge in [-0.05, 0) is 12.5 Å². The molecule has 0 fully saturated rings. The van der Waals surface area contributed by atoms with Gasteiger partial charge in [-0.15, -0.1) is 0 Å². The van der Waals surface area contributed by atoms with E-state index in [1.54, 1.807) is 12.1 Å². The summed E-state index contributed by atoms with van der Waals surface area (Å²) in [6.07, 6.45) is -0.731. The summed E-state index contributed by atoms with van der Waals surface area (Å²) < 4.78 is 24.0. The second-order valence-electron chi connectivity index (χ2n) is 6.37. The third-order valence-corrected chi connectivity index (χ3v) is 3.88. The van der Waals surface area contributed by atoms with E-state index in [1.165, 1.54) is 39.8 Å². The molecular formula is C17H24FNO4. The van der Waals surface area contributed by atoms with Gasteiger partial charge in [0, 0.05) is 19.5 Å². The van der Waals surface area contributed by atoms with E-state index in [2.05, 4.69) is 0 Å². The van der Waals surface area contributed by atoms with E-state index in [4.69, 9.17) is 9.47 Å². The number of amides is 1. The Bertz CT molecular complexity index is 545. The van der Waals surface area contributed by atoms with Crippen LogP contribution >= 0.6 is 0 Å². The van der Waals surface area contributed by atoms with Crippen LogP contribution in [0.15, 0.2) is 30.3 Å². The predicted octanol–water partition coefficient (Wildman–Crippen LogP) is 3.18. The second-order valence-corrected chi connectivity index (χ2v) is 6.37. The van der Waals surface area contributed by atoms with E-state index in [0.717, 1.165) is 5.56 Å². The lowest BCUT2D eigenvalue weighted by Gasteiger charge is -2.39. The van der Waals surface area contributed by atoms with Gasteiger partial charge in [-0.3, -0.25) is 4.39 Å². The van der Waals surface area contributed by atoms with Gasteiger partial charge in [-0.1, -0.05) is 44.2 Å². The Hall–Kier alpha value is -2.11. The lowest BCUT2D eigenvalue weighted by Crippen LogP contribution is -2.55. The Balaban J connectivity index is 2.95. The van der Waals surface area contributed by atoms with Crippen LogP contribution in [-0.4, -0.2) is 43.3 Å². The normalized spacial score (nSPS) is 13.8. The highest BCUT2D eigenvalue weighted by atomic mass is 19.1. The van der Waals surface area contributed by atoms with Crippen molar-refractivity contribution in [3.8, 4) is 0 Å². The van der Waals surface area contributed by atoms with Gasteiger partial charge >= 0.3 is 12.1 Å². The molecule has 0 aromatic heterocycles. The summed E-state index contributed by atoms with van der Waals surface area (Å²) in [6.45, 7) is 3.59. The van der Waals surface area contributed by atoms with E-state index < -0.39 is 29.8 Å². The van der Waals surface area contributed by atoms with Crippen LogP contribution in [0.3, 0.4) is 0 Å². The monoisotopic (exact) mass is 325 g/mol. The number of benzene rings is 1. The molecule has 1 amide bonds. The fourth-order valence-electron chi connectivity index (χ4n) is 1.71. The molecule has 0 saturated carbocycles. The molecule has 128 valence electrons. The molecule has 0 N–H and O–H groups in total. The zero-order valence-corrected chi connectivity index (χ0v) is 14.3. The Kier molecular flexibility index (Phi) is 6.12. The zero-order valence-electron chi connectivity index (χ0n) is 14.3. The average Bonchev–Trinajstić information content (AvgIpc) is 2.52. The molecule has 1 aromatic carbocycles. The van der Waals surface area contributed by atoms with Crippen molar-refractivity contribution in [2.45, 2.75) is 33.0 Å². The maximum absolute atomic E-state index is 13.4. The molecule has 0 aliphatic heterocycles. The van der Waals surface area contributed by atoms with Gasteiger partial charge in [0.2, 0.25) is 5.60 Å². The molecule has 0 heterocycles. The fourth-order valence-corrected chi connectivity index (χ4v) is 1.71. The first kappa shape index (κ1) is 18.9. The van der Waals surface area contributed by atoms with Crippen molar-refractivity contribution in [1.29, 1.82) is 0 Å². The predicted molar refractivity (Wildman–Crippen MR) is 84.6 cm³/mol. The standard InChI is InChI=1S/C17H24FNO4/c1-16(2,12-18)17(3,23-15(21)19(4)5)14(20)22-11-13-9-7-6-8-10-13/h6-10H,11-12H2,1-5H3.